The van der Waals surface area contributed by atoms with E-state index < -0.39 is 0 Å². The molecule has 1 saturated heterocycles. The van der Waals surface area contributed by atoms with Crippen LogP contribution in [0.5, 0.6) is 0 Å². The first-order chi connectivity index (χ1) is 11.0. The number of nitrogens with one attached hydrogen (secondary N) is 1. The van der Waals surface area contributed by atoms with Gasteiger partial charge in [-0.25, -0.2) is 0 Å². The summed E-state index contributed by atoms with van der Waals surface area (Å²) in [5.41, 5.74) is 1.72. The van der Waals surface area contributed by atoms with Crippen LogP contribution in [0.4, 0.5) is 5.69 Å². The maximum Gasteiger partial charge on any atom is 0.313 e. The predicted octanol–water partition coefficient (Wildman–Crippen LogP) is 2.42. The second kappa shape index (κ2) is 6.32. The Morgan fingerprint density at radius 1 is 1.35 bits per heavy atom. The molecule has 1 amide bonds. The number of methoxy groups -OCH3 is 1. The molecule has 0 radical (unpaired) electrons. The van der Waals surface area contributed by atoms with Crippen LogP contribution in [0.3, 0.4) is 0 Å². The summed E-state index contributed by atoms with van der Waals surface area (Å²) in [5, 5.41) is 2.77. The molecule has 23 heavy (non-hydrogen) atoms. The van der Waals surface area contributed by atoms with Crippen LogP contribution >= 0.6 is 0 Å². The van der Waals surface area contributed by atoms with Gasteiger partial charge in [-0.05, 0) is 36.5 Å². The Hall–Kier alpha value is -1.88. The summed E-state index contributed by atoms with van der Waals surface area (Å²) in [6, 6.07) is 7.90. The summed E-state index contributed by atoms with van der Waals surface area (Å²) < 4.78 is 5.08. The van der Waals surface area contributed by atoms with Crippen molar-refractivity contribution in [2.24, 2.45) is 11.3 Å². The van der Waals surface area contributed by atoms with E-state index in [-0.39, 0.29) is 17.3 Å². The monoisotopic (exact) mass is 316 g/mol. The van der Waals surface area contributed by atoms with Gasteiger partial charge in [0, 0.05) is 32.2 Å². The molecule has 124 valence electrons. The molecule has 0 unspecified atom stereocenters. The van der Waals surface area contributed by atoms with E-state index in [0.717, 1.165) is 44.6 Å². The van der Waals surface area contributed by atoms with Gasteiger partial charge in [0.2, 0.25) is 5.91 Å². The lowest BCUT2D eigenvalue weighted by atomic mass is 9.81. The van der Waals surface area contributed by atoms with E-state index in [4.69, 9.17) is 4.74 Å². The minimum atomic E-state index is -0.287. The largest absolute Gasteiger partial charge is 0.469 e. The van der Waals surface area contributed by atoms with Crippen LogP contribution in [0.2, 0.25) is 0 Å². The summed E-state index contributed by atoms with van der Waals surface area (Å²) in [6.45, 7) is 4.08. The van der Waals surface area contributed by atoms with Crippen molar-refractivity contribution in [1.29, 1.82) is 0 Å². The van der Waals surface area contributed by atoms with E-state index in [9.17, 15) is 9.59 Å². The van der Waals surface area contributed by atoms with Crippen molar-refractivity contribution < 1.29 is 14.3 Å². The van der Waals surface area contributed by atoms with Crippen LogP contribution < -0.4 is 5.32 Å². The molecule has 1 aliphatic carbocycles. The molecule has 2 fully saturated rings. The number of rotatable bonds is 4. The summed E-state index contributed by atoms with van der Waals surface area (Å²) in [5.74, 6) is 0.322. The number of ether oxygens (including phenoxy) is 1. The van der Waals surface area contributed by atoms with E-state index in [1.165, 1.54) is 19.6 Å². The average molecular weight is 316 g/mol. The minimum absolute atomic E-state index is 0.0384. The summed E-state index contributed by atoms with van der Waals surface area (Å²) in [6.07, 6.45) is 3.19. The first-order valence-corrected chi connectivity index (χ1v) is 8.21. The van der Waals surface area contributed by atoms with Crippen LogP contribution in [0.15, 0.2) is 24.3 Å². The second-order valence-corrected chi connectivity index (χ2v) is 6.78. The topological polar surface area (TPSA) is 58.6 Å². The number of fused-ring (bicyclic) bond motifs is 1. The van der Waals surface area contributed by atoms with E-state index in [2.05, 4.69) is 10.2 Å². The predicted molar refractivity (Wildman–Crippen MR) is 87.8 cm³/mol. The zero-order valence-corrected chi connectivity index (χ0v) is 13.8. The van der Waals surface area contributed by atoms with Crippen molar-refractivity contribution >= 4 is 17.6 Å². The van der Waals surface area contributed by atoms with Crippen molar-refractivity contribution in [2.75, 3.05) is 25.5 Å². The molecule has 2 aliphatic rings. The van der Waals surface area contributed by atoms with Gasteiger partial charge >= 0.3 is 5.97 Å². The maximum absolute atomic E-state index is 12.3. The Labute approximate surface area is 137 Å². The van der Waals surface area contributed by atoms with Gasteiger partial charge in [-0.2, -0.15) is 0 Å². The Kier molecular flexibility index (Phi) is 4.39. The second-order valence-electron chi connectivity index (χ2n) is 6.78. The summed E-state index contributed by atoms with van der Waals surface area (Å²) >= 11 is 0. The van der Waals surface area contributed by atoms with Crippen molar-refractivity contribution in [3.63, 3.8) is 0 Å². The lowest BCUT2D eigenvalue weighted by Gasteiger charge is -2.25. The zero-order valence-electron chi connectivity index (χ0n) is 13.8. The standard InChI is InChI=1S/C18H24N2O3/c1-13(21)19-16-7-5-14(6-8-16)10-20-11-15-4-3-9-18(15,12-20)17(22)23-2/h5-8,15H,3-4,9-12H2,1-2H3,(H,19,21)/t15-,18-/m0/s1. The lowest BCUT2D eigenvalue weighted by molar-refractivity contribution is -0.153. The van der Waals surface area contributed by atoms with Crippen molar-refractivity contribution in [3.8, 4) is 0 Å². The highest BCUT2D eigenvalue weighted by atomic mass is 16.5. The first kappa shape index (κ1) is 16.0. The highest BCUT2D eigenvalue weighted by Gasteiger charge is 2.55. The fraction of sp³-hybridized carbons (Fsp3) is 0.556. The van der Waals surface area contributed by atoms with E-state index >= 15 is 0 Å². The fourth-order valence-electron chi connectivity index (χ4n) is 4.21. The molecule has 3 rings (SSSR count). The first-order valence-electron chi connectivity index (χ1n) is 8.21. The van der Waals surface area contributed by atoms with Gasteiger partial charge < -0.3 is 10.1 Å². The van der Waals surface area contributed by atoms with E-state index in [1.807, 2.05) is 24.3 Å². The van der Waals surface area contributed by atoms with Gasteiger partial charge in [0.1, 0.15) is 0 Å². The third-order valence-corrected chi connectivity index (χ3v) is 5.21. The number of anilines is 1. The molecule has 0 aromatic heterocycles. The zero-order chi connectivity index (χ0) is 16.4. The average Bonchev–Trinajstić information content (AvgIpc) is 3.05. The molecule has 2 atom stereocenters. The van der Waals surface area contributed by atoms with Crippen LogP contribution in [0.1, 0.15) is 31.7 Å². The normalized spacial score (nSPS) is 26.8. The number of esters is 1. The number of nitrogens with zero attached hydrogens (tertiary/aromatic N) is 1. The summed E-state index contributed by atoms with van der Waals surface area (Å²) in [4.78, 5) is 25.7. The Bertz CT molecular complexity index is 599. The van der Waals surface area contributed by atoms with E-state index in [1.54, 1.807) is 0 Å². The molecular formula is C18H24N2O3. The minimum Gasteiger partial charge on any atom is -0.469 e. The molecule has 5 nitrogen and oxygen atoms in total. The number of benzene rings is 1. The Morgan fingerprint density at radius 3 is 2.74 bits per heavy atom. The molecule has 1 heterocycles. The molecule has 0 bridgehead atoms. The SMILES string of the molecule is COC(=O)[C@]12CCC[C@H]1CN(Cc1ccc(NC(C)=O)cc1)C2. The molecule has 1 aromatic rings. The number of carbonyl (C=O) groups excluding carboxylic acids is 2. The maximum atomic E-state index is 12.3. The van der Waals surface area contributed by atoms with Gasteiger partial charge in [0.25, 0.3) is 0 Å². The third-order valence-electron chi connectivity index (χ3n) is 5.21. The smallest absolute Gasteiger partial charge is 0.313 e. The van der Waals surface area contributed by atoms with Crippen LogP contribution in [-0.4, -0.2) is 37.0 Å². The molecule has 0 spiro atoms. The number of amides is 1. The Balaban J connectivity index is 1.66. The van der Waals surface area contributed by atoms with Crippen molar-refractivity contribution in [1.82, 2.24) is 4.90 Å². The molecule has 1 aromatic carbocycles. The number of likely N-dealkylation sites (tertiary alicyclic amines) is 1. The van der Waals surface area contributed by atoms with Gasteiger partial charge in [-0.3, -0.25) is 14.5 Å². The third kappa shape index (κ3) is 3.11. The molecule has 1 aliphatic heterocycles. The quantitative estimate of drug-likeness (QED) is 0.867. The van der Waals surface area contributed by atoms with Crippen molar-refractivity contribution in [3.05, 3.63) is 29.8 Å². The van der Waals surface area contributed by atoms with Crippen LogP contribution in [-0.2, 0) is 20.9 Å². The number of hydrogen-bond acceptors (Lipinski definition) is 4. The number of carbonyl (C=O) groups is 2. The van der Waals surface area contributed by atoms with Gasteiger partial charge in [-0.1, -0.05) is 18.6 Å². The highest BCUT2D eigenvalue weighted by Crippen LogP contribution is 2.49. The van der Waals surface area contributed by atoms with Gasteiger partial charge in [-0.15, -0.1) is 0 Å². The molecule has 1 saturated carbocycles. The summed E-state index contributed by atoms with van der Waals surface area (Å²) in [7, 11) is 1.50. The van der Waals surface area contributed by atoms with Crippen molar-refractivity contribution in [2.45, 2.75) is 32.7 Å². The van der Waals surface area contributed by atoms with Crippen LogP contribution in [0.25, 0.3) is 0 Å². The molecule has 1 N–H and O–H groups in total. The Morgan fingerprint density at radius 2 is 2.09 bits per heavy atom. The van der Waals surface area contributed by atoms with E-state index in [0.29, 0.717) is 5.92 Å². The lowest BCUT2D eigenvalue weighted by Crippen LogP contribution is -2.36. The molecular weight excluding hydrogens is 292 g/mol. The fourth-order valence-corrected chi connectivity index (χ4v) is 4.21. The van der Waals surface area contributed by atoms with Gasteiger partial charge in [0.15, 0.2) is 0 Å². The van der Waals surface area contributed by atoms with Gasteiger partial charge in [0.05, 0.1) is 12.5 Å². The molecule has 5 heteroatoms. The highest BCUT2D eigenvalue weighted by molar-refractivity contribution is 5.88. The number of hydrogen-bond donors (Lipinski definition) is 1. The van der Waals surface area contributed by atoms with Crippen LogP contribution in [0, 0.1) is 11.3 Å².